The average Bonchev–Trinajstić information content (AvgIpc) is 2.91. The van der Waals surface area contributed by atoms with E-state index < -0.39 is 41.1 Å². The number of benzene rings is 1. The third kappa shape index (κ3) is 4.82. The molecular weight excluding hydrogens is 408 g/mol. The highest BCUT2D eigenvalue weighted by Gasteiger charge is 2.54. The van der Waals surface area contributed by atoms with Crippen LogP contribution in [0.2, 0.25) is 0 Å². The number of hydrogen-bond acceptors (Lipinski definition) is 7. The standard InChI is InChI=1S/C20H26N4O7/c1-11(16(26)27)21-15(25)13-9-7-12(8-10-13)14-20(5,17(28)23(6)22-14)24(30)18(29)31-19(2,3)4/h7-11,30H,1-6H3,(H,21,25)(H,26,27). The molecule has 0 spiro atoms. The summed E-state index contributed by atoms with van der Waals surface area (Å²) in [7, 11) is 1.38. The van der Waals surface area contributed by atoms with Gasteiger partial charge in [-0.25, -0.2) is 9.80 Å². The maximum absolute atomic E-state index is 12.8. The van der Waals surface area contributed by atoms with Crippen LogP contribution in [-0.4, -0.2) is 74.2 Å². The summed E-state index contributed by atoms with van der Waals surface area (Å²) in [5, 5.41) is 27.2. The van der Waals surface area contributed by atoms with E-state index in [-0.39, 0.29) is 16.3 Å². The summed E-state index contributed by atoms with van der Waals surface area (Å²) in [6.07, 6.45) is -1.12. The molecule has 0 bridgehead atoms. The number of amides is 3. The Morgan fingerprint density at radius 3 is 2.26 bits per heavy atom. The van der Waals surface area contributed by atoms with Gasteiger partial charge in [-0.3, -0.25) is 19.6 Å². The molecule has 2 atom stereocenters. The second kappa shape index (κ2) is 8.34. The molecule has 168 valence electrons. The molecule has 0 radical (unpaired) electrons. The number of aliphatic carboxylic acids is 1. The zero-order valence-electron chi connectivity index (χ0n) is 18.2. The number of carbonyl (C=O) groups excluding carboxylic acids is 3. The van der Waals surface area contributed by atoms with Gasteiger partial charge in [0.05, 0.1) is 0 Å². The Balaban J connectivity index is 2.34. The molecule has 3 amide bonds. The maximum Gasteiger partial charge on any atom is 0.435 e. The highest BCUT2D eigenvalue weighted by atomic mass is 16.6. The minimum Gasteiger partial charge on any atom is -0.480 e. The van der Waals surface area contributed by atoms with Crippen LogP contribution in [0, 0.1) is 0 Å². The van der Waals surface area contributed by atoms with Crippen molar-refractivity contribution in [3.63, 3.8) is 0 Å². The SMILES string of the molecule is CC(NC(=O)c1ccc(C2=NN(C)C(=O)C2(C)N(O)C(=O)OC(C)(C)C)cc1)C(=O)O. The summed E-state index contributed by atoms with van der Waals surface area (Å²) in [6, 6.07) is 4.72. The van der Waals surface area contributed by atoms with E-state index in [1.54, 1.807) is 20.8 Å². The van der Waals surface area contributed by atoms with Crippen LogP contribution in [0.15, 0.2) is 29.4 Å². The molecule has 0 fully saturated rings. The quantitative estimate of drug-likeness (QED) is 0.469. The molecule has 1 heterocycles. The smallest absolute Gasteiger partial charge is 0.435 e. The molecule has 0 saturated heterocycles. The minimum atomic E-state index is -1.86. The second-order valence-corrected chi connectivity index (χ2v) is 8.25. The molecular formula is C20H26N4O7. The van der Waals surface area contributed by atoms with E-state index in [1.807, 2.05) is 0 Å². The normalized spacial score (nSPS) is 19.5. The van der Waals surface area contributed by atoms with E-state index in [9.17, 15) is 24.4 Å². The zero-order valence-corrected chi connectivity index (χ0v) is 18.2. The molecule has 1 aromatic carbocycles. The number of ether oxygens (including phenoxy) is 1. The summed E-state index contributed by atoms with van der Waals surface area (Å²) < 4.78 is 5.16. The lowest BCUT2D eigenvalue weighted by Gasteiger charge is -2.33. The molecule has 2 unspecified atom stereocenters. The first-order chi connectivity index (χ1) is 14.2. The predicted octanol–water partition coefficient (Wildman–Crippen LogP) is 1.45. The molecule has 11 nitrogen and oxygen atoms in total. The highest BCUT2D eigenvalue weighted by molar-refractivity contribution is 6.24. The Morgan fingerprint density at radius 2 is 1.77 bits per heavy atom. The van der Waals surface area contributed by atoms with Gasteiger partial charge in [-0.05, 0) is 46.8 Å². The van der Waals surface area contributed by atoms with Crippen LogP contribution in [0.1, 0.15) is 50.5 Å². The van der Waals surface area contributed by atoms with Gasteiger partial charge in [0.25, 0.3) is 11.8 Å². The van der Waals surface area contributed by atoms with Gasteiger partial charge >= 0.3 is 12.1 Å². The van der Waals surface area contributed by atoms with E-state index in [0.29, 0.717) is 5.56 Å². The van der Waals surface area contributed by atoms with Gasteiger partial charge in [0, 0.05) is 18.2 Å². The van der Waals surface area contributed by atoms with Gasteiger partial charge in [-0.1, -0.05) is 12.1 Å². The lowest BCUT2D eigenvalue weighted by Crippen LogP contribution is -2.59. The predicted molar refractivity (Wildman–Crippen MR) is 109 cm³/mol. The summed E-state index contributed by atoms with van der Waals surface area (Å²) in [5.41, 5.74) is -2.14. The van der Waals surface area contributed by atoms with Gasteiger partial charge in [0.2, 0.25) is 0 Å². The number of carbonyl (C=O) groups is 4. The molecule has 1 aliphatic rings. The van der Waals surface area contributed by atoms with Crippen molar-refractivity contribution in [1.29, 1.82) is 0 Å². The van der Waals surface area contributed by atoms with E-state index >= 15 is 0 Å². The van der Waals surface area contributed by atoms with Crippen molar-refractivity contribution in [2.24, 2.45) is 5.10 Å². The van der Waals surface area contributed by atoms with Gasteiger partial charge in [-0.2, -0.15) is 10.2 Å². The van der Waals surface area contributed by atoms with Crippen molar-refractivity contribution in [3.05, 3.63) is 35.4 Å². The van der Waals surface area contributed by atoms with Crippen LogP contribution in [0.25, 0.3) is 0 Å². The Labute approximate surface area is 179 Å². The summed E-state index contributed by atoms with van der Waals surface area (Å²) in [6.45, 7) is 7.52. The third-order valence-corrected chi connectivity index (χ3v) is 4.55. The summed E-state index contributed by atoms with van der Waals surface area (Å²) in [4.78, 5) is 48.3. The molecule has 11 heteroatoms. The van der Waals surface area contributed by atoms with Crippen LogP contribution >= 0.6 is 0 Å². The van der Waals surface area contributed by atoms with E-state index in [1.165, 1.54) is 45.2 Å². The molecule has 0 saturated carbocycles. The summed E-state index contributed by atoms with van der Waals surface area (Å²) >= 11 is 0. The molecule has 0 aliphatic carbocycles. The lowest BCUT2D eigenvalue weighted by molar-refractivity contribution is -0.161. The summed E-state index contributed by atoms with van der Waals surface area (Å²) in [5.74, 6) is -2.43. The van der Waals surface area contributed by atoms with Crippen molar-refractivity contribution in [3.8, 4) is 0 Å². The number of hydrazone groups is 1. The number of hydrogen-bond donors (Lipinski definition) is 3. The number of hydroxylamine groups is 2. The Kier molecular flexibility index (Phi) is 6.41. The number of nitrogens with zero attached hydrogens (tertiary/aromatic N) is 3. The van der Waals surface area contributed by atoms with Crippen LogP contribution in [-0.2, 0) is 14.3 Å². The van der Waals surface area contributed by atoms with E-state index in [2.05, 4.69) is 10.4 Å². The average molecular weight is 434 g/mol. The first-order valence-electron chi connectivity index (χ1n) is 9.42. The van der Waals surface area contributed by atoms with Gasteiger partial charge in [-0.15, -0.1) is 0 Å². The second-order valence-electron chi connectivity index (χ2n) is 8.25. The van der Waals surface area contributed by atoms with Crippen molar-refractivity contribution in [2.75, 3.05) is 7.05 Å². The van der Waals surface area contributed by atoms with Crippen LogP contribution in [0.3, 0.4) is 0 Å². The number of carboxylic acid groups (broad SMARTS) is 1. The van der Waals surface area contributed by atoms with Crippen LogP contribution in [0.4, 0.5) is 4.79 Å². The molecule has 0 aromatic heterocycles. The molecule has 1 aliphatic heterocycles. The van der Waals surface area contributed by atoms with Crippen molar-refractivity contribution in [1.82, 2.24) is 15.4 Å². The van der Waals surface area contributed by atoms with Gasteiger partial charge in [0.1, 0.15) is 17.4 Å². The van der Waals surface area contributed by atoms with Gasteiger partial charge < -0.3 is 15.2 Å². The lowest BCUT2D eigenvalue weighted by atomic mass is 9.89. The topological polar surface area (TPSA) is 149 Å². The fraction of sp³-hybridized carbons (Fsp3) is 0.450. The van der Waals surface area contributed by atoms with E-state index in [4.69, 9.17) is 9.84 Å². The number of carboxylic acids is 1. The minimum absolute atomic E-state index is 0.0687. The molecule has 1 aromatic rings. The number of rotatable bonds is 5. The van der Waals surface area contributed by atoms with Crippen LogP contribution < -0.4 is 5.32 Å². The third-order valence-electron chi connectivity index (χ3n) is 4.55. The van der Waals surface area contributed by atoms with Crippen molar-refractivity contribution >= 4 is 29.6 Å². The molecule has 2 rings (SSSR count). The maximum atomic E-state index is 12.8. The zero-order chi connectivity index (χ0) is 23.7. The van der Waals surface area contributed by atoms with E-state index in [0.717, 1.165) is 5.01 Å². The Morgan fingerprint density at radius 1 is 1.23 bits per heavy atom. The van der Waals surface area contributed by atoms with Crippen molar-refractivity contribution in [2.45, 2.75) is 51.8 Å². The first kappa shape index (κ1) is 23.8. The fourth-order valence-corrected chi connectivity index (χ4v) is 2.85. The number of nitrogens with one attached hydrogen (secondary N) is 1. The largest absolute Gasteiger partial charge is 0.480 e. The van der Waals surface area contributed by atoms with Crippen molar-refractivity contribution < 1.29 is 34.2 Å². The molecule has 3 N–H and O–H groups in total. The highest BCUT2D eigenvalue weighted by Crippen LogP contribution is 2.30. The fourth-order valence-electron chi connectivity index (χ4n) is 2.85. The monoisotopic (exact) mass is 434 g/mol. The Hall–Kier alpha value is -3.47. The first-order valence-corrected chi connectivity index (χ1v) is 9.42. The van der Waals surface area contributed by atoms with Gasteiger partial charge in [0.15, 0.2) is 5.54 Å². The Bertz CT molecular complexity index is 936. The molecule has 31 heavy (non-hydrogen) atoms. The number of likely N-dealkylation sites (N-methyl/N-ethyl adjacent to an activating group) is 1. The van der Waals surface area contributed by atoms with Crippen LogP contribution in [0.5, 0.6) is 0 Å².